The maximum atomic E-state index is 12.5. The third-order valence-corrected chi connectivity index (χ3v) is 7.91. The molecular weight excluding hydrogens is 593 g/mol. The number of phosphoric acid groups is 1. The lowest BCUT2D eigenvalue weighted by Gasteiger charge is -2.24. The lowest BCUT2D eigenvalue weighted by molar-refractivity contribution is -0.870. The van der Waals surface area contributed by atoms with Crippen molar-refractivity contribution in [2.75, 3.05) is 47.5 Å². The van der Waals surface area contributed by atoms with Crippen LogP contribution in [0.4, 0.5) is 0 Å². The molecule has 0 aliphatic heterocycles. The van der Waals surface area contributed by atoms with Crippen LogP contribution in [-0.2, 0) is 32.7 Å². The van der Waals surface area contributed by atoms with Gasteiger partial charge in [0.25, 0.3) is 0 Å². The maximum absolute atomic E-state index is 12.5. The number of quaternary nitrogens is 1. The lowest BCUT2D eigenvalue weighted by Crippen LogP contribution is -2.37. The molecule has 0 heterocycles. The molecule has 0 saturated carbocycles. The van der Waals surface area contributed by atoms with E-state index in [4.69, 9.17) is 18.5 Å². The summed E-state index contributed by atoms with van der Waals surface area (Å²) in [6, 6.07) is 0. The van der Waals surface area contributed by atoms with E-state index in [1.165, 1.54) is 25.7 Å². The number of ether oxygens (including phenoxy) is 2. The summed E-state index contributed by atoms with van der Waals surface area (Å²) in [7, 11) is 1.45. The Labute approximate surface area is 274 Å². The molecule has 2 unspecified atom stereocenters. The molecular formula is C35H65NO8P+. The molecule has 0 aliphatic rings. The Hall–Kier alpha value is -1.77. The Morgan fingerprint density at radius 3 is 1.82 bits per heavy atom. The Bertz CT molecular complexity index is 881. The van der Waals surface area contributed by atoms with Crippen molar-refractivity contribution in [1.29, 1.82) is 0 Å². The van der Waals surface area contributed by atoms with Crippen LogP contribution in [0.2, 0.25) is 0 Å². The van der Waals surface area contributed by atoms with E-state index in [-0.39, 0.29) is 26.1 Å². The van der Waals surface area contributed by atoms with Crippen LogP contribution in [0.25, 0.3) is 0 Å². The number of likely N-dealkylation sites (N-methyl/N-ethyl adjacent to an activating group) is 1. The number of nitrogens with zero attached hydrogens (tertiary/aromatic N) is 1. The van der Waals surface area contributed by atoms with Crippen molar-refractivity contribution in [3.8, 4) is 0 Å². The molecule has 0 bridgehead atoms. The smallest absolute Gasteiger partial charge is 0.462 e. The third kappa shape index (κ3) is 32.0. The minimum Gasteiger partial charge on any atom is -0.462 e. The largest absolute Gasteiger partial charge is 0.472 e. The maximum Gasteiger partial charge on any atom is 0.472 e. The second-order valence-electron chi connectivity index (χ2n) is 12.6. The molecule has 0 spiro atoms. The van der Waals surface area contributed by atoms with E-state index in [1.54, 1.807) is 0 Å². The van der Waals surface area contributed by atoms with Gasteiger partial charge in [-0.2, -0.15) is 0 Å². The molecule has 1 N–H and O–H groups in total. The molecule has 0 aromatic carbocycles. The highest BCUT2D eigenvalue weighted by atomic mass is 31.2. The van der Waals surface area contributed by atoms with E-state index >= 15 is 0 Å². The summed E-state index contributed by atoms with van der Waals surface area (Å²) < 4.78 is 33.6. The van der Waals surface area contributed by atoms with Gasteiger partial charge in [0, 0.05) is 12.8 Å². The summed E-state index contributed by atoms with van der Waals surface area (Å²) in [6.07, 6.45) is 28.8. The molecule has 0 radical (unpaired) electrons. The summed E-state index contributed by atoms with van der Waals surface area (Å²) in [5.74, 6) is -0.859. The van der Waals surface area contributed by atoms with Crippen molar-refractivity contribution >= 4 is 19.8 Å². The number of esters is 2. The quantitative estimate of drug-likeness (QED) is 0.0269. The molecule has 0 amide bonds. The van der Waals surface area contributed by atoms with Gasteiger partial charge in [-0.1, -0.05) is 95.2 Å². The molecule has 0 aromatic heterocycles. The number of rotatable bonds is 30. The first-order valence-electron chi connectivity index (χ1n) is 17.2. The first-order chi connectivity index (χ1) is 21.5. The molecule has 0 aromatic rings. The van der Waals surface area contributed by atoms with Crippen molar-refractivity contribution in [3.63, 3.8) is 0 Å². The van der Waals surface area contributed by atoms with Gasteiger partial charge in [-0.3, -0.25) is 18.6 Å². The van der Waals surface area contributed by atoms with E-state index in [0.717, 1.165) is 57.8 Å². The normalized spacial score (nSPS) is 14.4. The van der Waals surface area contributed by atoms with Gasteiger partial charge in [-0.25, -0.2) is 4.57 Å². The summed E-state index contributed by atoms with van der Waals surface area (Å²) in [5.41, 5.74) is 0. The highest BCUT2D eigenvalue weighted by Crippen LogP contribution is 2.43. The van der Waals surface area contributed by atoms with E-state index in [1.807, 2.05) is 28.1 Å². The van der Waals surface area contributed by atoms with Crippen molar-refractivity contribution < 1.29 is 42.1 Å². The number of allylic oxidation sites excluding steroid dienone is 6. The van der Waals surface area contributed by atoms with Crippen LogP contribution in [-0.4, -0.2) is 74.9 Å². The fourth-order valence-corrected chi connectivity index (χ4v) is 4.85. The van der Waals surface area contributed by atoms with Crippen LogP contribution in [0.3, 0.4) is 0 Å². The molecule has 0 fully saturated rings. The number of carbonyl (C=O) groups is 2. The molecule has 10 heteroatoms. The Morgan fingerprint density at radius 1 is 0.689 bits per heavy atom. The summed E-state index contributed by atoms with van der Waals surface area (Å²) >= 11 is 0. The SMILES string of the molecule is CCCCC/C=C\C/C=C\C/C=C\CCCCCCCCC(=O)OC(COC(=O)CCCC)COP(=O)(O)OCC[N+](C)(C)C. The van der Waals surface area contributed by atoms with E-state index in [9.17, 15) is 19.0 Å². The van der Waals surface area contributed by atoms with Gasteiger partial charge < -0.3 is 18.9 Å². The molecule has 0 rings (SSSR count). The van der Waals surface area contributed by atoms with Gasteiger partial charge in [0.2, 0.25) is 0 Å². The predicted molar refractivity (Wildman–Crippen MR) is 183 cm³/mol. The zero-order valence-corrected chi connectivity index (χ0v) is 30.0. The first-order valence-corrected chi connectivity index (χ1v) is 18.7. The van der Waals surface area contributed by atoms with Crippen LogP contribution >= 0.6 is 7.82 Å². The van der Waals surface area contributed by atoms with E-state index in [2.05, 4.69) is 43.4 Å². The number of carbonyl (C=O) groups excluding carboxylic acids is 2. The van der Waals surface area contributed by atoms with Gasteiger partial charge >= 0.3 is 19.8 Å². The van der Waals surface area contributed by atoms with Gasteiger partial charge in [0.15, 0.2) is 6.10 Å². The van der Waals surface area contributed by atoms with Crippen LogP contribution < -0.4 is 0 Å². The number of hydrogen-bond acceptors (Lipinski definition) is 7. The Balaban J connectivity index is 4.20. The van der Waals surface area contributed by atoms with Crippen LogP contribution in [0.5, 0.6) is 0 Å². The van der Waals surface area contributed by atoms with Crippen LogP contribution in [0.1, 0.15) is 123 Å². The predicted octanol–water partition coefficient (Wildman–Crippen LogP) is 8.62. The zero-order chi connectivity index (χ0) is 33.7. The number of unbranched alkanes of at least 4 members (excludes halogenated alkanes) is 10. The first kappa shape index (κ1) is 43.2. The lowest BCUT2D eigenvalue weighted by atomic mass is 10.1. The Morgan fingerprint density at radius 2 is 1.22 bits per heavy atom. The number of phosphoric ester groups is 1. The average molecular weight is 659 g/mol. The van der Waals surface area contributed by atoms with Crippen molar-refractivity contribution in [2.45, 2.75) is 129 Å². The Kier molecular flexibility index (Phi) is 27.3. The molecule has 2 atom stereocenters. The second-order valence-corrected chi connectivity index (χ2v) is 14.0. The van der Waals surface area contributed by atoms with Gasteiger partial charge in [0.1, 0.15) is 19.8 Å². The van der Waals surface area contributed by atoms with E-state index < -0.39 is 32.5 Å². The minimum absolute atomic E-state index is 0.0274. The highest BCUT2D eigenvalue weighted by molar-refractivity contribution is 7.47. The number of hydrogen-bond donors (Lipinski definition) is 1. The topological polar surface area (TPSA) is 108 Å². The van der Waals surface area contributed by atoms with Crippen molar-refractivity contribution in [3.05, 3.63) is 36.5 Å². The van der Waals surface area contributed by atoms with Crippen LogP contribution in [0, 0.1) is 0 Å². The second kappa shape index (κ2) is 28.5. The van der Waals surface area contributed by atoms with Gasteiger partial charge in [-0.15, -0.1) is 0 Å². The summed E-state index contributed by atoms with van der Waals surface area (Å²) in [4.78, 5) is 34.4. The van der Waals surface area contributed by atoms with Crippen molar-refractivity contribution in [2.24, 2.45) is 0 Å². The molecule has 45 heavy (non-hydrogen) atoms. The van der Waals surface area contributed by atoms with E-state index in [0.29, 0.717) is 23.9 Å². The van der Waals surface area contributed by atoms with Crippen LogP contribution in [0.15, 0.2) is 36.5 Å². The zero-order valence-electron chi connectivity index (χ0n) is 29.1. The summed E-state index contributed by atoms with van der Waals surface area (Å²) in [5, 5.41) is 0. The van der Waals surface area contributed by atoms with Crippen molar-refractivity contribution in [1.82, 2.24) is 0 Å². The molecule has 9 nitrogen and oxygen atoms in total. The fourth-order valence-electron chi connectivity index (χ4n) is 4.11. The van der Waals surface area contributed by atoms with Gasteiger partial charge in [-0.05, 0) is 51.4 Å². The minimum atomic E-state index is -4.35. The van der Waals surface area contributed by atoms with Gasteiger partial charge in [0.05, 0.1) is 27.7 Å². The monoisotopic (exact) mass is 658 g/mol. The molecule has 262 valence electrons. The highest BCUT2D eigenvalue weighted by Gasteiger charge is 2.27. The molecule has 0 saturated heterocycles. The fraction of sp³-hybridized carbons (Fsp3) is 0.771. The average Bonchev–Trinajstić information content (AvgIpc) is 2.97. The summed E-state index contributed by atoms with van der Waals surface area (Å²) in [6.45, 7) is 4.08. The standard InChI is InChI=1S/C35H64NO8P/c1-6-8-10-11-12-13-14-15-16-17-18-19-20-21-22-23-24-25-26-28-35(38)44-33(31-41-34(37)27-9-7-2)32-43-45(39,40)42-30-29-36(3,4)5/h12-13,15-16,18-19,33H,6-11,14,17,20-32H2,1-5H3/p+1/b13-12-,16-15-,19-18-. The molecule has 0 aliphatic carbocycles. The third-order valence-electron chi connectivity index (χ3n) is 6.92.